The number of ether oxygens (including phenoxy) is 2. The molecule has 0 amide bonds. The Hall–Kier alpha value is -0.870. The summed E-state index contributed by atoms with van der Waals surface area (Å²) >= 11 is 0. The van der Waals surface area contributed by atoms with Crippen LogP contribution >= 0.6 is 0 Å². The number of hydrogen-bond donors (Lipinski definition) is 1. The number of hydrogen-bond acceptors (Lipinski definition) is 3. The van der Waals surface area contributed by atoms with Gasteiger partial charge in [0.15, 0.2) is 0 Å². The molecule has 4 heteroatoms. The van der Waals surface area contributed by atoms with Crippen LogP contribution in [0.15, 0.2) is 12.7 Å². The van der Waals surface area contributed by atoms with E-state index in [1.54, 1.807) is 0 Å². The van der Waals surface area contributed by atoms with Gasteiger partial charge >= 0.3 is 5.97 Å². The molecule has 100 valence electrons. The van der Waals surface area contributed by atoms with Gasteiger partial charge in [-0.1, -0.05) is 6.08 Å². The molecule has 0 radical (unpaired) electrons. The maximum atomic E-state index is 10.4. The summed E-state index contributed by atoms with van der Waals surface area (Å²) in [6.45, 7) is 11.7. The largest absolute Gasteiger partial charge is 0.480 e. The normalized spacial score (nSPS) is 12.5. The molecule has 0 aliphatic carbocycles. The molecule has 0 aliphatic rings. The van der Waals surface area contributed by atoms with Crippen molar-refractivity contribution >= 4 is 5.97 Å². The van der Waals surface area contributed by atoms with Gasteiger partial charge in [0, 0.05) is 0 Å². The first-order valence-corrected chi connectivity index (χ1v) is 5.79. The van der Waals surface area contributed by atoms with Gasteiger partial charge in [-0.3, -0.25) is 0 Å². The van der Waals surface area contributed by atoms with Gasteiger partial charge in [-0.25, -0.2) is 4.79 Å². The lowest BCUT2D eigenvalue weighted by Gasteiger charge is -2.28. The van der Waals surface area contributed by atoms with Crippen molar-refractivity contribution in [3.05, 3.63) is 12.7 Å². The van der Waals surface area contributed by atoms with Gasteiger partial charge in [0.25, 0.3) is 0 Å². The number of aliphatic carboxylic acids is 1. The van der Waals surface area contributed by atoms with Crippen LogP contribution in [0.4, 0.5) is 0 Å². The first kappa shape index (κ1) is 16.1. The topological polar surface area (TPSA) is 55.8 Å². The Morgan fingerprint density at radius 3 is 2.29 bits per heavy atom. The molecule has 0 aromatic heterocycles. The summed E-state index contributed by atoms with van der Waals surface area (Å²) in [5.41, 5.74) is -0.715. The van der Waals surface area contributed by atoms with Crippen molar-refractivity contribution < 1.29 is 19.4 Å². The van der Waals surface area contributed by atoms with Crippen molar-refractivity contribution in [1.82, 2.24) is 0 Å². The molecule has 0 saturated heterocycles. The van der Waals surface area contributed by atoms with Gasteiger partial charge < -0.3 is 14.6 Å². The van der Waals surface area contributed by atoms with E-state index in [2.05, 4.69) is 6.58 Å². The SMILES string of the molecule is C=CCC(C)(C)OCCC(C)(C)OCC(=O)O. The number of carbonyl (C=O) groups is 1. The number of carboxylic acid groups (broad SMARTS) is 1. The van der Waals surface area contributed by atoms with E-state index >= 15 is 0 Å². The fourth-order valence-corrected chi connectivity index (χ4v) is 1.31. The average Bonchev–Trinajstić information content (AvgIpc) is 2.14. The molecule has 17 heavy (non-hydrogen) atoms. The maximum Gasteiger partial charge on any atom is 0.329 e. The van der Waals surface area contributed by atoms with E-state index in [1.807, 2.05) is 33.8 Å². The molecule has 0 unspecified atom stereocenters. The highest BCUT2D eigenvalue weighted by Crippen LogP contribution is 2.19. The van der Waals surface area contributed by atoms with Crippen LogP contribution < -0.4 is 0 Å². The summed E-state index contributed by atoms with van der Waals surface area (Å²) in [7, 11) is 0. The van der Waals surface area contributed by atoms with Crippen molar-refractivity contribution in [3.63, 3.8) is 0 Å². The van der Waals surface area contributed by atoms with E-state index in [-0.39, 0.29) is 12.2 Å². The lowest BCUT2D eigenvalue weighted by atomic mass is 10.0. The van der Waals surface area contributed by atoms with E-state index in [0.29, 0.717) is 13.0 Å². The van der Waals surface area contributed by atoms with Crippen LogP contribution in [-0.2, 0) is 14.3 Å². The van der Waals surface area contributed by atoms with E-state index in [9.17, 15) is 4.79 Å². The average molecular weight is 244 g/mol. The summed E-state index contributed by atoms with van der Waals surface area (Å²) in [6.07, 6.45) is 3.26. The minimum absolute atomic E-state index is 0.232. The second kappa shape index (κ2) is 6.77. The lowest BCUT2D eigenvalue weighted by molar-refractivity contribution is -0.149. The summed E-state index contributed by atoms with van der Waals surface area (Å²) in [5, 5.41) is 8.53. The molecule has 0 atom stereocenters. The van der Waals surface area contributed by atoms with E-state index < -0.39 is 11.6 Å². The zero-order valence-corrected chi connectivity index (χ0v) is 11.3. The molecule has 0 fully saturated rings. The lowest BCUT2D eigenvalue weighted by Crippen LogP contribution is -2.32. The van der Waals surface area contributed by atoms with Gasteiger partial charge in [0.1, 0.15) is 6.61 Å². The van der Waals surface area contributed by atoms with Crippen LogP contribution in [0.1, 0.15) is 40.5 Å². The summed E-state index contributed by atoms with van der Waals surface area (Å²) in [6, 6.07) is 0. The standard InChI is InChI=1S/C13H24O4/c1-6-7-12(2,3)16-9-8-13(4,5)17-10-11(14)15/h6H,1,7-10H2,2-5H3,(H,14,15). The zero-order valence-electron chi connectivity index (χ0n) is 11.3. The van der Waals surface area contributed by atoms with Gasteiger partial charge in [-0.05, 0) is 40.5 Å². The Balaban J connectivity index is 3.93. The summed E-state index contributed by atoms with van der Waals surface area (Å²) in [4.78, 5) is 10.4. The van der Waals surface area contributed by atoms with Crippen LogP contribution in [0, 0.1) is 0 Å². The molecule has 0 bridgehead atoms. The summed E-state index contributed by atoms with van der Waals surface area (Å²) < 4.78 is 11.0. The Bertz CT molecular complexity index is 256. The van der Waals surface area contributed by atoms with Crippen molar-refractivity contribution in [1.29, 1.82) is 0 Å². The number of rotatable bonds is 9. The zero-order chi connectivity index (χ0) is 13.5. The van der Waals surface area contributed by atoms with Crippen molar-refractivity contribution in [2.24, 2.45) is 0 Å². The van der Waals surface area contributed by atoms with Crippen LogP contribution in [0.25, 0.3) is 0 Å². The van der Waals surface area contributed by atoms with Gasteiger partial charge in [-0.15, -0.1) is 6.58 Å². The van der Waals surface area contributed by atoms with Crippen LogP contribution in [0.2, 0.25) is 0 Å². The fraction of sp³-hybridized carbons (Fsp3) is 0.769. The molecular formula is C13H24O4. The molecule has 0 spiro atoms. The molecule has 0 heterocycles. The molecule has 0 saturated carbocycles. The highest BCUT2D eigenvalue weighted by molar-refractivity contribution is 5.68. The highest BCUT2D eigenvalue weighted by atomic mass is 16.5. The molecule has 0 aromatic rings. The Morgan fingerprint density at radius 1 is 1.24 bits per heavy atom. The molecule has 0 aliphatic heterocycles. The Kier molecular flexibility index (Phi) is 6.42. The molecule has 1 N–H and O–H groups in total. The van der Waals surface area contributed by atoms with E-state index in [1.165, 1.54) is 0 Å². The summed E-state index contributed by atoms with van der Waals surface area (Å²) in [5.74, 6) is -0.953. The molecule has 0 aromatic carbocycles. The molecular weight excluding hydrogens is 220 g/mol. The fourth-order valence-electron chi connectivity index (χ4n) is 1.31. The second-order valence-electron chi connectivity index (χ2n) is 5.29. The van der Waals surface area contributed by atoms with Crippen molar-refractivity contribution in [2.75, 3.05) is 13.2 Å². The van der Waals surface area contributed by atoms with Gasteiger partial charge in [0.05, 0.1) is 17.8 Å². The predicted molar refractivity (Wildman–Crippen MR) is 67.1 cm³/mol. The minimum Gasteiger partial charge on any atom is -0.480 e. The van der Waals surface area contributed by atoms with Crippen molar-refractivity contribution in [3.8, 4) is 0 Å². The smallest absolute Gasteiger partial charge is 0.329 e. The monoisotopic (exact) mass is 244 g/mol. The highest BCUT2D eigenvalue weighted by Gasteiger charge is 2.22. The first-order chi connectivity index (χ1) is 7.68. The second-order valence-corrected chi connectivity index (χ2v) is 5.29. The number of carboxylic acids is 1. The maximum absolute atomic E-state index is 10.4. The Morgan fingerprint density at radius 2 is 1.82 bits per heavy atom. The van der Waals surface area contributed by atoms with E-state index in [0.717, 1.165) is 6.42 Å². The van der Waals surface area contributed by atoms with Crippen LogP contribution in [0.5, 0.6) is 0 Å². The third-order valence-corrected chi connectivity index (χ3v) is 2.42. The van der Waals surface area contributed by atoms with Crippen molar-refractivity contribution in [2.45, 2.75) is 51.7 Å². The molecule has 0 rings (SSSR count). The minimum atomic E-state index is -0.953. The third-order valence-electron chi connectivity index (χ3n) is 2.42. The quantitative estimate of drug-likeness (QED) is 0.633. The van der Waals surface area contributed by atoms with E-state index in [4.69, 9.17) is 14.6 Å². The van der Waals surface area contributed by atoms with Gasteiger partial charge in [0.2, 0.25) is 0 Å². The first-order valence-electron chi connectivity index (χ1n) is 5.79. The van der Waals surface area contributed by atoms with Gasteiger partial charge in [-0.2, -0.15) is 0 Å². The van der Waals surface area contributed by atoms with Crippen LogP contribution in [-0.4, -0.2) is 35.5 Å². The Labute approximate surface area is 104 Å². The molecule has 4 nitrogen and oxygen atoms in total. The van der Waals surface area contributed by atoms with Crippen LogP contribution in [0.3, 0.4) is 0 Å². The predicted octanol–water partition coefficient (Wildman–Crippen LogP) is 2.63. The third kappa shape index (κ3) is 8.89.